The van der Waals surface area contributed by atoms with Gasteiger partial charge in [0.2, 0.25) is 11.8 Å². The number of carbonyl (C=O) groups is 4. The molecule has 0 spiro atoms. The second kappa shape index (κ2) is 8.49. The predicted molar refractivity (Wildman–Crippen MR) is 112 cm³/mol. The van der Waals surface area contributed by atoms with Gasteiger partial charge in [-0.25, -0.2) is 4.79 Å². The van der Waals surface area contributed by atoms with Gasteiger partial charge in [-0.2, -0.15) is 0 Å². The number of amides is 3. The number of nitrogens with zero attached hydrogens (tertiary/aromatic N) is 1. The van der Waals surface area contributed by atoms with Crippen LogP contribution in [-0.2, 0) is 19.1 Å². The van der Waals surface area contributed by atoms with E-state index in [4.69, 9.17) is 4.74 Å². The molecule has 1 atom stereocenters. The molecule has 1 heterocycles. The van der Waals surface area contributed by atoms with Gasteiger partial charge in [-0.1, -0.05) is 17.7 Å². The normalized spacial score (nSPS) is 14.6. The number of hydrogen-bond acceptors (Lipinski definition) is 5. The molecule has 0 bridgehead atoms. The molecule has 156 valence electrons. The number of aryl methyl sites for hydroxylation is 3. The molecule has 1 aliphatic rings. The van der Waals surface area contributed by atoms with Crippen LogP contribution in [0.5, 0.6) is 0 Å². The lowest BCUT2D eigenvalue weighted by Crippen LogP contribution is -2.30. The molecule has 3 rings (SSSR count). The monoisotopic (exact) mass is 408 g/mol. The summed E-state index contributed by atoms with van der Waals surface area (Å²) >= 11 is 0. The Morgan fingerprint density at radius 1 is 0.967 bits per heavy atom. The molecule has 3 amide bonds. The van der Waals surface area contributed by atoms with Crippen LogP contribution >= 0.6 is 0 Å². The lowest BCUT2D eigenvalue weighted by Gasteiger charge is -2.17. The maximum atomic E-state index is 12.5. The molecule has 1 aliphatic heterocycles. The Morgan fingerprint density at radius 2 is 1.50 bits per heavy atom. The first-order chi connectivity index (χ1) is 14.2. The van der Waals surface area contributed by atoms with Crippen molar-refractivity contribution in [1.29, 1.82) is 0 Å². The molecule has 30 heavy (non-hydrogen) atoms. The number of imide groups is 1. The highest BCUT2D eigenvalue weighted by atomic mass is 16.5. The van der Waals surface area contributed by atoms with Crippen molar-refractivity contribution in [3.05, 3.63) is 58.7 Å². The molecule has 7 nitrogen and oxygen atoms in total. The number of ether oxygens (including phenoxy) is 1. The van der Waals surface area contributed by atoms with Gasteiger partial charge < -0.3 is 10.1 Å². The molecule has 0 saturated carbocycles. The van der Waals surface area contributed by atoms with Gasteiger partial charge in [-0.05, 0) is 63.1 Å². The average Bonchev–Trinajstić information content (AvgIpc) is 3.02. The smallest absolute Gasteiger partial charge is 0.338 e. The zero-order valence-corrected chi connectivity index (χ0v) is 17.4. The number of hydrogen-bond donors (Lipinski definition) is 1. The van der Waals surface area contributed by atoms with Crippen molar-refractivity contribution in [3.63, 3.8) is 0 Å². The summed E-state index contributed by atoms with van der Waals surface area (Å²) in [6.07, 6.45) is -0.622. The Balaban J connectivity index is 1.65. The van der Waals surface area contributed by atoms with Crippen LogP contribution in [0.4, 0.5) is 11.4 Å². The van der Waals surface area contributed by atoms with Gasteiger partial charge in [0, 0.05) is 18.5 Å². The van der Waals surface area contributed by atoms with Crippen molar-refractivity contribution >= 4 is 35.1 Å². The van der Waals surface area contributed by atoms with Crippen molar-refractivity contribution in [3.8, 4) is 0 Å². The number of benzene rings is 2. The van der Waals surface area contributed by atoms with Gasteiger partial charge >= 0.3 is 5.97 Å². The van der Waals surface area contributed by atoms with Gasteiger partial charge in [0.1, 0.15) is 0 Å². The molecule has 1 N–H and O–H groups in total. The largest absolute Gasteiger partial charge is 0.449 e. The van der Waals surface area contributed by atoms with Crippen LogP contribution in [0.1, 0.15) is 46.8 Å². The van der Waals surface area contributed by atoms with Gasteiger partial charge in [0.05, 0.1) is 11.3 Å². The minimum absolute atomic E-state index is 0.190. The molecule has 0 aromatic heterocycles. The molecule has 1 saturated heterocycles. The molecule has 1 unspecified atom stereocenters. The molecule has 7 heteroatoms. The summed E-state index contributed by atoms with van der Waals surface area (Å²) in [4.78, 5) is 49.6. The number of anilines is 2. The summed E-state index contributed by atoms with van der Waals surface area (Å²) in [5, 5.41) is 2.82. The van der Waals surface area contributed by atoms with E-state index in [1.807, 2.05) is 32.9 Å². The second-order valence-corrected chi connectivity index (χ2v) is 7.48. The third kappa shape index (κ3) is 4.40. The quantitative estimate of drug-likeness (QED) is 0.604. The Labute approximate surface area is 175 Å². The molecule has 0 radical (unpaired) electrons. The van der Waals surface area contributed by atoms with Gasteiger partial charge in [-0.3, -0.25) is 19.3 Å². The molecule has 2 aromatic rings. The maximum Gasteiger partial charge on any atom is 0.338 e. The second-order valence-electron chi connectivity index (χ2n) is 7.48. The average molecular weight is 408 g/mol. The molecular formula is C23H24N2O5. The Morgan fingerprint density at radius 3 is 2.03 bits per heavy atom. The SMILES string of the molecule is Cc1cc(C)c(NC(=O)C(C)OC(=O)c2ccc(N3C(=O)CCC3=O)cc2)c(C)c1. The third-order valence-electron chi connectivity index (χ3n) is 4.99. The van der Waals surface area contributed by atoms with Crippen LogP contribution in [0.2, 0.25) is 0 Å². The summed E-state index contributed by atoms with van der Waals surface area (Å²) in [6, 6.07) is 9.90. The highest BCUT2D eigenvalue weighted by molar-refractivity contribution is 6.19. The van der Waals surface area contributed by atoms with Crippen LogP contribution in [0.15, 0.2) is 36.4 Å². The lowest BCUT2D eigenvalue weighted by atomic mass is 10.0. The topological polar surface area (TPSA) is 92.8 Å². The first kappa shape index (κ1) is 21.2. The summed E-state index contributed by atoms with van der Waals surface area (Å²) in [6.45, 7) is 7.30. The van der Waals surface area contributed by atoms with Crippen LogP contribution in [0, 0.1) is 20.8 Å². The van der Waals surface area contributed by atoms with E-state index in [0.29, 0.717) is 11.4 Å². The number of rotatable bonds is 5. The van der Waals surface area contributed by atoms with Crippen LogP contribution in [0.25, 0.3) is 0 Å². The summed E-state index contributed by atoms with van der Waals surface area (Å²) in [7, 11) is 0. The molecule has 0 aliphatic carbocycles. The fraction of sp³-hybridized carbons (Fsp3) is 0.304. The fourth-order valence-electron chi connectivity index (χ4n) is 3.50. The molecular weight excluding hydrogens is 384 g/mol. The third-order valence-corrected chi connectivity index (χ3v) is 4.99. The standard InChI is InChI=1S/C23H24N2O5/c1-13-11-14(2)21(15(3)12-13)24-22(28)16(4)30-23(29)17-5-7-18(8-6-17)25-19(26)9-10-20(25)27/h5-8,11-12,16H,9-10H2,1-4H3,(H,24,28). The summed E-state index contributed by atoms with van der Waals surface area (Å²) < 4.78 is 5.28. The van der Waals surface area contributed by atoms with E-state index in [0.717, 1.165) is 21.6 Å². The zero-order valence-electron chi connectivity index (χ0n) is 17.4. The highest BCUT2D eigenvalue weighted by Gasteiger charge is 2.30. The maximum absolute atomic E-state index is 12.5. The first-order valence-corrected chi connectivity index (χ1v) is 9.73. The van der Waals surface area contributed by atoms with Gasteiger partial charge in [0.15, 0.2) is 6.10 Å². The number of esters is 1. The van der Waals surface area contributed by atoms with Crippen molar-refractivity contribution in [2.24, 2.45) is 0 Å². The van der Waals surface area contributed by atoms with Crippen molar-refractivity contribution < 1.29 is 23.9 Å². The zero-order chi connectivity index (χ0) is 22.0. The first-order valence-electron chi connectivity index (χ1n) is 9.73. The highest BCUT2D eigenvalue weighted by Crippen LogP contribution is 2.24. The van der Waals surface area contributed by atoms with E-state index >= 15 is 0 Å². The summed E-state index contributed by atoms with van der Waals surface area (Å²) in [5.74, 6) is -1.62. The Kier molecular flexibility index (Phi) is 6.01. The van der Waals surface area contributed by atoms with Crippen molar-refractivity contribution in [2.45, 2.75) is 46.6 Å². The number of carbonyl (C=O) groups excluding carboxylic acids is 4. The van der Waals surface area contributed by atoms with Crippen LogP contribution in [0.3, 0.4) is 0 Å². The van der Waals surface area contributed by atoms with Crippen molar-refractivity contribution in [2.75, 3.05) is 10.2 Å². The van der Waals surface area contributed by atoms with E-state index in [-0.39, 0.29) is 30.2 Å². The fourth-order valence-corrected chi connectivity index (χ4v) is 3.50. The lowest BCUT2D eigenvalue weighted by molar-refractivity contribution is -0.124. The summed E-state index contributed by atoms with van der Waals surface area (Å²) in [5.41, 5.74) is 4.30. The number of nitrogens with one attached hydrogen (secondary N) is 1. The Bertz CT molecular complexity index is 987. The van der Waals surface area contributed by atoms with E-state index in [1.54, 1.807) is 0 Å². The van der Waals surface area contributed by atoms with E-state index < -0.39 is 18.0 Å². The van der Waals surface area contributed by atoms with E-state index in [2.05, 4.69) is 5.32 Å². The minimum atomic E-state index is -1.00. The van der Waals surface area contributed by atoms with Crippen LogP contribution < -0.4 is 10.2 Å². The van der Waals surface area contributed by atoms with Gasteiger partial charge in [0.25, 0.3) is 5.91 Å². The van der Waals surface area contributed by atoms with Crippen molar-refractivity contribution in [1.82, 2.24) is 0 Å². The van der Waals surface area contributed by atoms with E-state index in [1.165, 1.54) is 31.2 Å². The molecule has 1 fully saturated rings. The van der Waals surface area contributed by atoms with E-state index in [9.17, 15) is 19.2 Å². The molecule has 2 aromatic carbocycles. The van der Waals surface area contributed by atoms with Gasteiger partial charge in [-0.15, -0.1) is 0 Å². The Hall–Kier alpha value is -3.48. The predicted octanol–water partition coefficient (Wildman–Crippen LogP) is 3.45. The van der Waals surface area contributed by atoms with Crippen LogP contribution in [-0.4, -0.2) is 29.8 Å². The minimum Gasteiger partial charge on any atom is -0.449 e.